The highest BCUT2D eigenvalue weighted by molar-refractivity contribution is 5.46. The number of anilines is 1. The molecule has 0 aliphatic rings. The summed E-state index contributed by atoms with van der Waals surface area (Å²) in [6.45, 7) is 7.29. The summed E-state index contributed by atoms with van der Waals surface area (Å²) in [5, 5.41) is 0. The van der Waals surface area contributed by atoms with Gasteiger partial charge in [0, 0.05) is 24.8 Å². The molecule has 0 bridgehead atoms. The first kappa shape index (κ1) is 9.96. The average Bonchev–Trinajstić information content (AvgIpc) is 2.10. The SMILES string of the molecule is CCCN(C)c1ncnc(C)c1C. The number of aromatic nitrogens is 2. The molecule has 72 valence electrons. The van der Waals surface area contributed by atoms with Gasteiger partial charge in [0.05, 0.1) is 0 Å². The Hall–Kier alpha value is -1.12. The van der Waals surface area contributed by atoms with Gasteiger partial charge in [-0.2, -0.15) is 0 Å². The summed E-state index contributed by atoms with van der Waals surface area (Å²) in [5.74, 6) is 1.05. The molecule has 0 unspecified atom stereocenters. The first-order valence-electron chi connectivity index (χ1n) is 4.66. The minimum Gasteiger partial charge on any atom is -0.359 e. The monoisotopic (exact) mass is 179 g/mol. The van der Waals surface area contributed by atoms with E-state index < -0.39 is 0 Å². The van der Waals surface area contributed by atoms with Crippen molar-refractivity contribution in [1.29, 1.82) is 0 Å². The lowest BCUT2D eigenvalue weighted by atomic mass is 10.2. The first-order chi connectivity index (χ1) is 6.16. The van der Waals surface area contributed by atoms with Gasteiger partial charge >= 0.3 is 0 Å². The molecule has 0 aliphatic heterocycles. The van der Waals surface area contributed by atoms with Gasteiger partial charge in [0.2, 0.25) is 0 Å². The van der Waals surface area contributed by atoms with E-state index in [0.29, 0.717) is 0 Å². The van der Waals surface area contributed by atoms with Gasteiger partial charge in [-0.05, 0) is 20.3 Å². The number of aryl methyl sites for hydroxylation is 1. The lowest BCUT2D eigenvalue weighted by molar-refractivity contribution is 0.826. The van der Waals surface area contributed by atoms with Crippen molar-refractivity contribution >= 4 is 5.82 Å². The third-order valence-corrected chi connectivity index (χ3v) is 2.23. The molecule has 0 aliphatic carbocycles. The molecule has 3 heteroatoms. The fourth-order valence-electron chi connectivity index (χ4n) is 1.35. The maximum absolute atomic E-state index is 4.27. The van der Waals surface area contributed by atoms with E-state index in [1.807, 2.05) is 6.92 Å². The van der Waals surface area contributed by atoms with Crippen molar-refractivity contribution in [2.24, 2.45) is 0 Å². The van der Waals surface area contributed by atoms with Crippen molar-refractivity contribution in [3.8, 4) is 0 Å². The highest BCUT2D eigenvalue weighted by Gasteiger charge is 2.06. The predicted octanol–water partition coefficient (Wildman–Crippen LogP) is 1.94. The summed E-state index contributed by atoms with van der Waals surface area (Å²) < 4.78 is 0. The Kier molecular flexibility index (Phi) is 3.23. The fraction of sp³-hybridized carbons (Fsp3) is 0.600. The quantitative estimate of drug-likeness (QED) is 0.710. The van der Waals surface area contributed by atoms with Crippen molar-refractivity contribution in [1.82, 2.24) is 9.97 Å². The van der Waals surface area contributed by atoms with E-state index in [2.05, 4.69) is 35.8 Å². The molecule has 1 aromatic heterocycles. The first-order valence-corrected chi connectivity index (χ1v) is 4.66. The van der Waals surface area contributed by atoms with Crippen LogP contribution in [0.5, 0.6) is 0 Å². The van der Waals surface area contributed by atoms with Gasteiger partial charge in [-0.15, -0.1) is 0 Å². The van der Waals surface area contributed by atoms with E-state index in [1.54, 1.807) is 6.33 Å². The van der Waals surface area contributed by atoms with Crippen LogP contribution in [0.3, 0.4) is 0 Å². The van der Waals surface area contributed by atoms with Crippen molar-refractivity contribution < 1.29 is 0 Å². The summed E-state index contributed by atoms with van der Waals surface area (Å²) >= 11 is 0. The van der Waals surface area contributed by atoms with Crippen LogP contribution in [0.15, 0.2) is 6.33 Å². The summed E-state index contributed by atoms with van der Waals surface area (Å²) in [7, 11) is 2.07. The molecule has 0 amide bonds. The normalized spacial score (nSPS) is 10.2. The summed E-state index contributed by atoms with van der Waals surface area (Å²) in [6, 6.07) is 0. The van der Waals surface area contributed by atoms with Crippen LogP contribution in [0.2, 0.25) is 0 Å². The molecule has 3 nitrogen and oxygen atoms in total. The van der Waals surface area contributed by atoms with Crippen LogP contribution in [0.4, 0.5) is 5.82 Å². The molecule has 0 atom stereocenters. The van der Waals surface area contributed by atoms with Crippen LogP contribution in [-0.2, 0) is 0 Å². The molecule has 13 heavy (non-hydrogen) atoms. The highest BCUT2D eigenvalue weighted by Crippen LogP contribution is 2.16. The second-order valence-electron chi connectivity index (χ2n) is 3.33. The van der Waals surface area contributed by atoms with Crippen LogP contribution in [0.1, 0.15) is 24.6 Å². The van der Waals surface area contributed by atoms with E-state index in [1.165, 1.54) is 5.56 Å². The van der Waals surface area contributed by atoms with Crippen molar-refractivity contribution in [3.05, 3.63) is 17.6 Å². The minimum absolute atomic E-state index is 1.04. The molecule has 0 saturated heterocycles. The Morgan fingerprint density at radius 3 is 2.62 bits per heavy atom. The second kappa shape index (κ2) is 4.21. The second-order valence-corrected chi connectivity index (χ2v) is 3.33. The molecule has 1 rings (SSSR count). The molecule has 0 fully saturated rings. The molecule has 1 heterocycles. The zero-order valence-corrected chi connectivity index (χ0v) is 8.83. The zero-order valence-electron chi connectivity index (χ0n) is 8.83. The van der Waals surface area contributed by atoms with E-state index in [4.69, 9.17) is 0 Å². The summed E-state index contributed by atoms with van der Waals surface area (Å²) in [5.41, 5.74) is 2.24. The van der Waals surface area contributed by atoms with Crippen molar-refractivity contribution in [3.63, 3.8) is 0 Å². The topological polar surface area (TPSA) is 29.0 Å². The van der Waals surface area contributed by atoms with Crippen LogP contribution in [-0.4, -0.2) is 23.6 Å². The molecule has 0 spiro atoms. The molecule has 0 saturated carbocycles. The standard InChI is InChI=1S/C10H17N3/c1-5-6-13(4)10-8(2)9(3)11-7-12-10/h7H,5-6H2,1-4H3. The van der Waals surface area contributed by atoms with E-state index in [0.717, 1.165) is 24.5 Å². The molecular weight excluding hydrogens is 162 g/mol. The van der Waals surface area contributed by atoms with E-state index in [-0.39, 0.29) is 0 Å². The number of hydrogen-bond donors (Lipinski definition) is 0. The molecule has 0 radical (unpaired) electrons. The van der Waals surface area contributed by atoms with E-state index >= 15 is 0 Å². The average molecular weight is 179 g/mol. The molecule has 0 N–H and O–H groups in total. The van der Waals surface area contributed by atoms with Crippen molar-refractivity contribution in [2.45, 2.75) is 27.2 Å². The van der Waals surface area contributed by atoms with Gasteiger partial charge in [-0.1, -0.05) is 6.92 Å². The Morgan fingerprint density at radius 2 is 2.00 bits per heavy atom. The van der Waals surface area contributed by atoms with Gasteiger partial charge in [-0.25, -0.2) is 9.97 Å². The number of nitrogens with zero attached hydrogens (tertiary/aromatic N) is 3. The lowest BCUT2D eigenvalue weighted by Crippen LogP contribution is -2.20. The van der Waals surface area contributed by atoms with Crippen LogP contribution in [0, 0.1) is 13.8 Å². The third-order valence-electron chi connectivity index (χ3n) is 2.23. The third kappa shape index (κ3) is 2.17. The Labute approximate surface area is 79.8 Å². The van der Waals surface area contributed by atoms with Crippen molar-refractivity contribution in [2.75, 3.05) is 18.5 Å². The van der Waals surface area contributed by atoms with Gasteiger partial charge in [-0.3, -0.25) is 0 Å². The maximum Gasteiger partial charge on any atom is 0.134 e. The van der Waals surface area contributed by atoms with E-state index in [9.17, 15) is 0 Å². The minimum atomic E-state index is 1.04. The number of rotatable bonds is 3. The predicted molar refractivity (Wildman–Crippen MR) is 55.1 cm³/mol. The smallest absolute Gasteiger partial charge is 0.134 e. The number of hydrogen-bond acceptors (Lipinski definition) is 3. The van der Waals surface area contributed by atoms with Gasteiger partial charge in [0.15, 0.2) is 0 Å². The van der Waals surface area contributed by atoms with Gasteiger partial charge < -0.3 is 4.90 Å². The van der Waals surface area contributed by atoms with Gasteiger partial charge in [0.1, 0.15) is 12.1 Å². The maximum atomic E-state index is 4.27. The van der Waals surface area contributed by atoms with Crippen LogP contribution < -0.4 is 4.90 Å². The van der Waals surface area contributed by atoms with Gasteiger partial charge in [0.25, 0.3) is 0 Å². The lowest BCUT2D eigenvalue weighted by Gasteiger charge is -2.19. The molecule has 0 aromatic carbocycles. The summed E-state index contributed by atoms with van der Waals surface area (Å²) in [6.07, 6.45) is 2.77. The summed E-state index contributed by atoms with van der Waals surface area (Å²) in [4.78, 5) is 10.6. The van der Waals surface area contributed by atoms with Crippen LogP contribution in [0.25, 0.3) is 0 Å². The molecular formula is C10H17N3. The largest absolute Gasteiger partial charge is 0.359 e. The molecule has 1 aromatic rings. The zero-order chi connectivity index (χ0) is 9.84. The fourth-order valence-corrected chi connectivity index (χ4v) is 1.35. The van der Waals surface area contributed by atoms with Crippen LogP contribution >= 0.6 is 0 Å². The highest BCUT2D eigenvalue weighted by atomic mass is 15.2. The Balaban J connectivity index is 2.93. The Morgan fingerprint density at radius 1 is 1.31 bits per heavy atom. The Bertz CT molecular complexity index is 283.